The van der Waals surface area contributed by atoms with Crippen LogP contribution in [0.1, 0.15) is 22.9 Å². The fourth-order valence-corrected chi connectivity index (χ4v) is 1.69. The van der Waals surface area contributed by atoms with Gasteiger partial charge in [0.1, 0.15) is 11.7 Å². The smallest absolute Gasteiger partial charge is 0.123 e. The highest BCUT2D eigenvalue weighted by Gasteiger charge is 2.14. The van der Waals surface area contributed by atoms with Gasteiger partial charge in [0, 0.05) is 5.69 Å². The Balaban J connectivity index is 2.41. The fourth-order valence-electron chi connectivity index (χ4n) is 1.69. The summed E-state index contributed by atoms with van der Waals surface area (Å²) in [4.78, 5) is 4.33. The Kier molecular flexibility index (Phi) is 3.15. The molecule has 2 nitrogen and oxygen atoms in total. The van der Waals surface area contributed by atoms with Gasteiger partial charge in [0.2, 0.25) is 0 Å². The van der Waals surface area contributed by atoms with Crippen LogP contribution in [0.2, 0.25) is 0 Å². The van der Waals surface area contributed by atoms with Gasteiger partial charge in [0.05, 0.1) is 11.8 Å². The van der Waals surface area contributed by atoms with Crippen molar-refractivity contribution in [3.63, 3.8) is 0 Å². The van der Waals surface area contributed by atoms with Crippen LogP contribution in [-0.2, 0) is 0 Å². The topological polar surface area (TPSA) is 36.7 Å². The monoisotopic (exact) mass is 226 g/mol. The van der Waals surface area contributed by atoms with Gasteiger partial charge in [0.15, 0.2) is 0 Å². The van der Waals surface area contributed by atoms with E-state index in [4.69, 9.17) is 0 Å². The van der Waals surface area contributed by atoms with Gasteiger partial charge >= 0.3 is 0 Å². The number of halogens is 1. The third-order valence-electron chi connectivity index (χ3n) is 2.54. The molecule has 3 heteroatoms. The standard InChI is InChI=1S/C14H11FN2/c1-10-3-2-4-14(17-10)13(9-16)11-5-7-12(15)8-6-11/h2-8,13H,1H3. The predicted molar refractivity (Wildman–Crippen MR) is 62.8 cm³/mol. The maximum absolute atomic E-state index is 12.8. The van der Waals surface area contributed by atoms with Crippen LogP contribution in [0.3, 0.4) is 0 Å². The summed E-state index contributed by atoms with van der Waals surface area (Å²) >= 11 is 0. The number of pyridine rings is 1. The third-order valence-corrected chi connectivity index (χ3v) is 2.54. The van der Waals surface area contributed by atoms with Crippen molar-refractivity contribution < 1.29 is 4.39 Å². The van der Waals surface area contributed by atoms with Gasteiger partial charge in [-0.3, -0.25) is 4.98 Å². The second-order valence-corrected chi connectivity index (χ2v) is 3.82. The molecule has 1 atom stereocenters. The quantitative estimate of drug-likeness (QED) is 0.788. The Morgan fingerprint density at radius 3 is 2.47 bits per heavy atom. The molecular formula is C14H11FN2. The summed E-state index contributed by atoms with van der Waals surface area (Å²) in [5, 5.41) is 9.21. The summed E-state index contributed by atoms with van der Waals surface area (Å²) in [6.07, 6.45) is 0. The number of hydrogen-bond acceptors (Lipinski definition) is 2. The van der Waals surface area contributed by atoms with Gasteiger partial charge in [-0.1, -0.05) is 18.2 Å². The first-order chi connectivity index (χ1) is 8.20. The molecule has 2 rings (SSSR count). The van der Waals surface area contributed by atoms with E-state index in [0.29, 0.717) is 5.69 Å². The van der Waals surface area contributed by atoms with Crippen LogP contribution in [-0.4, -0.2) is 4.98 Å². The summed E-state index contributed by atoms with van der Waals surface area (Å²) < 4.78 is 12.8. The lowest BCUT2D eigenvalue weighted by atomic mass is 9.96. The molecule has 0 spiro atoms. The Hall–Kier alpha value is -2.21. The molecule has 1 heterocycles. The normalized spacial score (nSPS) is 11.8. The molecule has 0 aliphatic carbocycles. The molecule has 0 bridgehead atoms. The minimum atomic E-state index is -0.449. The van der Waals surface area contributed by atoms with Crippen LogP contribution >= 0.6 is 0 Å². The molecule has 1 aromatic heterocycles. The summed E-state index contributed by atoms with van der Waals surface area (Å²) in [7, 11) is 0. The lowest BCUT2D eigenvalue weighted by molar-refractivity contribution is 0.627. The zero-order valence-electron chi connectivity index (χ0n) is 9.39. The van der Waals surface area contributed by atoms with Crippen molar-refractivity contribution in [1.29, 1.82) is 5.26 Å². The second-order valence-electron chi connectivity index (χ2n) is 3.82. The maximum Gasteiger partial charge on any atom is 0.123 e. The van der Waals surface area contributed by atoms with Gasteiger partial charge in [0.25, 0.3) is 0 Å². The van der Waals surface area contributed by atoms with Gasteiger partial charge in [-0.25, -0.2) is 4.39 Å². The summed E-state index contributed by atoms with van der Waals surface area (Å²) in [5.74, 6) is -0.752. The molecule has 0 amide bonds. The average molecular weight is 226 g/mol. The number of aryl methyl sites for hydroxylation is 1. The highest BCUT2D eigenvalue weighted by atomic mass is 19.1. The van der Waals surface area contributed by atoms with Crippen molar-refractivity contribution >= 4 is 0 Å². The lowest BCUT2D eigenvalue weighted by Crippen LogP contribution is -2.01. The van der Waals surface area contributed by atoms with Crippen molar-refractivity contribution in [2.75, 3.05) is 0 Å². The highest BCUT2D eigenvalue weighted by molar-refractivity contribution is 5.34. The molecule has 1 unspecified atom stereocenters. The van der Waals surface area contributed by atoms with E-state index >= 15 is 0 Å². The molecule has 0 saturated heterocycles. The number of aromatic nitrogens is 1. The van der Waals surface area contributed by atoms with E-state index in [2.05, 4.69) is 11.1 Å². The second kappa shape index (κ2) is 4.75. The van der Waals surface area contributed by atoms with E-state index in [-0.39, 0.29) is 5.82 Å². The van der Waals surface area contributed by atoms with Gasteiger partial charge in [-0.15, -0.1) is 0 Å². The highest BCUT2D eigenvalue weighted by Crippen LogP contribution is 2.22. The molecule has 0 saturated carbocycles. The van der Waals surface area contributed by atoms with E-state index in [1.165, 1.54) is 12.1 Å². The first-order valence-electron chi connectivity index (χ1n) is 5.29. The number of hydrogen-bond donors (Lipinski definition) is 0. The van der Waals surface area contributed by atoms with Crippen LogP contribution in [0.5, 0.6) is 0 Å². The third kappa shape index (κ3) is 2.48. The molecule has 0 fully saturated rings. The molecule has 17 heavy (non-hydrogen) atoms. The summed E-state index contributed by atoms with van der Waals surface area (Å²) in [5.41, 5.74) is 2.32. The number of benzene rings is 1. The van der Waals surface area contributed by atoms with Crippen LogP contribution in [0.15, 0.2) is 42.5 Å². The van der Waals surface area contributed by atoms with Crippen molar-refractivity contribution in [2.24, 2.45) is 0 Å². The number of nitrogens with zero attached hydrogens (tertiary/aromatic N) is 2. The number of nitriles is 1. The van der Waals surface area contributed by atoms with E-state index in [1.807, 2.05) is 25.1 Å². The average Bonchev–Trinajstić information content (AvgIpc) is 2.33. The largest absolute Gasteiger partial charge is 0.256 e. The lowest BCUT2D eigenvalue weighted by Gasteiger charge is -2.09. The minimum absolute atomic E-state index is 0.303. The molecule has 2 aromatic rings. The van der Waals surface area contributed by atoms with Crippen molar-refractivity contribution in [3.8, 4) is 6.07 Å². The summed E-state index contributed by atoms with van der Waals surface area (Å²) in [6.45, 7) is 1.88. The van der Waals surface area contributed by atoms with E-state index < -0.39 is 5.92 Å². The van der Waals surface area contributed by atoms with E-state index in [9.17, 15) is 9.65 Å². The first-order valence-corrected chi connectivity index (χ1v) is 5.29. The maximum atomic E-state index is 12.8. The van der Waals surface area contributed by atoms with Crippen molar-refractivity contribution in [2.45, 2.75) is 12.8 Å². The Labute approximate surface area is 99.4 Å². The van der Waals surface area contributed by atoms with E-state index in [0.717, 1.165) is 11.3 Å². The van der Waals surface area contributed by atoms with Crippen molar-refractivity contribution in [3.05, 3.63) is 65.2 Å². The van der Waals surface area contributed by atoms with Crippen LogP contribution in [0.25, 0.3) is 0 Å². The SMILES string of the molecule is Cc1cccc(C(C#N)c2ccc(F)cc2)n1. The minimum Gasteiger partial charge on any atom is -0.256 e. The summed E-state index contributed by atoms with van der Waals surface area (Å²) in [6, 6.07) is 13.7. The zero-order valence-corrected chi connectivity index (χ0v) is 9.39. The molecular weight excluding hydrogens is 215 g/mol. The Morgan fingerprint density at radius 1 is 1.18 bits per heavy atom. The molecule has 1 aromatic carbocycles. The van der Waals surface area contributed by atoms with Crippen LogP contribution in [0.4, 0.5) is 4.39 Å². The van der Waals surface area contributed by atoms with Gasteiger partial charge < -0.3 is 0 Å². The van der Waals surface area contributed by atoms with Crippen molar-refractivity contribution in [1.82, 2.24) is 4.98 Å². The van der Waals surface area contributed by atoms with Gasteiger partial charge in [-0.05, 0) is 36.8 Å². The Bertz CT molecular complexity index is 555. The zero-order chi connectivity index (χ0) is 12.3. The number of rotatable bonds is 2. The van der Waals surface area contributed by atoms with Gasteiger partial charge in [-0.2, -0.15) is 5.26 Å². The van der Waals surface area contributed by atoms with E-state index in [1.54, 1.807) is 12.1 Å². The molecule has 0 aliphatic rings. The molecule has 0 N–H and O–H groups in total. The van der Waals surface area contributed by atoms with Crippen LogP contribution in [0, 0.1) is 24.1 Å². The Morgan fingerprint density at radius 2 is 1.88 bits per heavy atom. The van der Waals surface area contributed by atoms with Crippen LogP contribution < -0.4 is 0 Å². The first kappa shape index (κ1) is 11.3. The molecule has 0 aliphatic heterocycles. The molecule has 84 valence electrons. The predicted octanol–water partition coefficient (Wildman–Crippen LogP) is 3.18. The fraction of sp³-hybridized carbons (Fsp3) is 0.143. The molecule has 0 radical (unpaired) electrons.